The van der Waals surface area contributed by atoms with Gasteiger partial charge in [0.1, 0.15) is 29.5 Å². The molecule has 3 aliphatic rings. The molecule has 59 heavy (non-hydrogen) atoms. The van der Waals surface area contributed by atoms with Crippen molar-refractivity contribution in [2.75, 3.05) is 13.7 Å². The molecule has 1 N–H and O–H groups in total. The Hall–Kier alpha value is -4.86. The van der Waals surface area contributed by atoms with Crippen molar-refractivity contribution in [2.45, 2.75) is 102 Å². The zero-order valence-electron chi connectivity index (χ0n) is 34.3. The van der Waals surface area contributed by atoms with Gasteiger partial charge in [0.25, 0.3) is 0 Å². The zero-order chi connectivity index (χ0) is 42.1. The summed E-state index contributed by atoms with van der Waals surface area (Å²) in [6.07, 6.45) is 4.33. The number of hydrogen-bond donors (Lipinski definition) is 1. The summed E-state index contributed by atoms with van der Waals surface area (Å²) in [5.74, 6) is -1.78. The third kappa shape index (κ3) is 9.17. The van der Waals surface area contributed by atoms with Crippen LogP contribution in [-0.4, -0.2) is 69.5 Å². The molecule has 7 rings (SSSR count). The molecule has 1 amide bonds. The lowest BCUT2D eigenvalue weighted by Gasteiger charge is -2.35. The van der Waals surface area contributed by atoms with E-state index in [4.69, 9.17) is 19.2 Å². The van der Waals surface area contributed by atoms with Gasteiger partial charge in [0.05, 0.1) is 54.6 Å². The Bertz CT molecular complexity index is 2270. The number of hydrogen-bond acceptors (Lipinski definition) is 8. The van der Waals surface area contributed by atoms with Crippen molar-refractivity contribution in [1.82, 2.24) is 9.88 Å². The maximum atomic E-state index is 14.9. The Kier molecular flexibility index (Phi) is 12.2. The number of Topliss-reactive ketones (excluding diaryl/α,β-unsaturated/α-hetero) is 1. The van der Waals surface area contributed by atoms with E-state index in [9.17, 15) is 28.2 Å². The van der Waals surface area contributed by atoms with Gasteiger partial charge in [-0.15, -0.1) is 6.58 Å². The minimum atomic E-state index is -3.97. The number of rotatable bonds is 15. The van der Waals surface area contributed by atoms with Gasteiger partial charge in [-0.3, -0.25) is 18.9 Å². The van der Waals surface area contributed by atoms with Gasteiger partial charge in [0.2, 0.25) is 13.3 Å². The topological polar surface area (TPSA) is 132 Å². The van der Waals surface area contributed by atoms with E-state index in [1.165, 1.54) is 17.0 Å². The first-order valence-electron chi connectivity index (χ1n) is 20.5. The highest BCUT2D eigenvalue weighted by atomic mass is 31.2. The molecule has 2 saturated carbocycles. The largest absolute Gasteiger partial charge is 0.497 e. The van der Waals surface area contributed by atoms with Crippen molar-refractivity contribution in [2.24, 2.45) is 17.3 Å². The molecule has 3 aromatic carbocycles. The van der Waals surface area contributed by atoms with Crippen LogP contribution in [0.1, 0.15) is 77.7 Å². The van der Waals surface area contributed by atoms with Crippen LogP contribution < -0.4 is 9.47 Å². The van der Waals surface area contributed by atoms with Crippen LogP contribution in [-0.2, 0) is 29.8 Å². The van der Waals surface area contributed by atoms with E-state index in [2.05, 4.69) is 6.58 Å². The van der Waals surface area contributed by atoms with Crippen molar-refractivity contribution in [3.8, 4) is 22.8 Å². The van der Waals surface area contributed by atoms with Gasteiger partial charge in [-0.1, -0.05) is 69.3 Å². The summed E-state index contributed by atoms with van der Waals surface area (Å²) in [7, 11) is -2.42. The van der Waals surface area contributed by atoms with Gasteiger partial charge >= 0.3 is 5.97 Å². The summed E-state index contributed by atoms with van der Waals surface area (Å²) in [4.78, 5) is 61.1. The van der Waals surface area contributed by atoms with Gasteiger partial charge in [0.15, 0.2) is 5.78 Å². The van der Waals surface area contributed by atoms with E-state index in [1.54, 1.807) is 55.7 Å². The lowest BCUT2D eigenvalue weighted by molar-refractivity contribution is -0.156. The number of nitrogens with zero attached hydrogens (tertiary/aromatic N) is 2. The van der Waals surface area contributed by atoms with Crippen LogP contribution in [0.25, 0.3) is 22.2 Å². The number of fused-ring (bicyclic) bond motifs is 1. The molecule has 6 atom stereocenters. The highest BCUT2D eigenvalue weighted by Gasteiger charge is 2.65. The first-order valence-corrected chi connectivity index (χ1v) is 22.4. The van der Waals surface area contributed by atoms with Crippen molar-refractivity contribution in [3.05, 3.63) is 103 Å². The van der Waals surface area contributed by atoms with Crippen molar-refractivity contribution < 1.29 is 42.4 Å². The Labute approximate surface area is 345 Å². The highest BCUT2D eigenvalue weighted by molar-refractivity contribution is 7.59. The van der Waals surface area contributed by atoms with Gasteiger partial charge in [-0.05, 0) is 73.3 Å². The molecule has 312 valence electrons. The van der Waals surface area contributed by atoms with E-state index in [0.717, 1.165) is 25.7 Å². The number of pyridine rings is 1. The number of halogens is 1. The predicted molar refractivity (Wildman–Crippen MR) is 225 cm³/mol. The summed E-state index contributed by atoms with van der Waals surface area (Å²) in [5.41, 5.74) is 1.54. The van der Waals surface area contributed by atoms with Crippen LogP contribution in [0.2, 0.25) is 0 Å². The molecule has 0 radical (unpaired) electrons. The monoisotopic (exact) mass is 824 g/mol. The number of amides is 1. The average molecular weight is 825 g/mol. The van der Waals surface area contributed by atoms with E-state index >= 15 is 0 Å². The maximum absolute atomic E-state index is 14.9. The minimum Gasteiger partial charge on any atom is -0.497 e. The number of carbonyl (C=O) groups is 3. The van der Waals surface area contributed by atoms with E-state index < -0.39 is 47.8 Å². The molecule has 4 aromatic rings. The average Bonchev–Trinajstić information content (AvgIpc) is 3.45. The van der Waals surface area contributed by atoms with E-state index in [1.807, 2.05) is 45.0 Å². The molecule has 12 heteroatoms. The van der Waals surface area contributed by atoms with E-state index in [0.29, 0.717) is 45.6 Å². The first-order chi connectivity index (χ1) is 28.1. The summed E-state index contributed by atoms with van der Waals surface area (Å²) in [6, 6.07) is 21.2. The van der Waals surface area contributed by atoms with Crippen LogP contribution in [0.15, 0.2) is 91.5 Å². The number of benzene rings is 3. The summed E-state index contributed by atoms with van der Waals surface area (Å²) >= 11 is 0. The molecule has 2 unspecified atom stereocenters. The third-order valence-corrected chi connectivity index (χ3v) is 15.3. The Balaban J connectivity index is 1.22. The summed E-state index contributed by atoms with van der Waals surface area (Å²) < 4.78 is 46.8. The van der Waals surface area contributed by atoms with Crippen molar-refractivity contribution >= 4 is 35.9 Å². The predicted octanol–water partition coefficient (Wildman–Crippen LogP) is 9.31. The van der Waals surface area contributed by atoms with Gasteiger partial charge in [-0.25, -0.2) is 9.37 Å². The second-order valence-electron chi connectivity index (χ2n) is 17.5. The van der Waals surface area contributed by atoms with Gasteiger partial charge in [0, 0.05) is 35.9 Å². The highest BCUT2D eigenvalue weighted by Crippen LogP contribution is 2.74. The molecular formula is C47H54FN2O8P. The van der Waals surface area contributed by atoms with Crippen molar-refractivity contribution in [3.63, 3.8) is 0 Å². The number of ether oxygens (including phenoxy) is 3. The number of ketones is 1. The van der Waals surface area contributed by atoms with Crippen LogP contribution in [0.5, 0.6) is 11.5 Å². The number of likely N-dealkylation sites (tertiary alicyclic amines) is 1. The Morgan fingerprint density at radius 2 is 1.78 bits per heavy atom. The Morgan fingerprint density at radius 3 is 2.44 bits per heavy atom. The fourth-order valence-corrected chi connectivity index (χ4v) is 11.5. The molecule has 0 bridgehead atoms. The summed E-state index contributed by atoms with van der Waals surface area (Å²) in [6.45, 7) is 9.62. The molecule has 2 heterocycles. The van der Waals surface area contributed by atoms with Gasteiger partial charge < -0.3 is 24.0 Å². The maximum Gasteiger partial charge on any atom is 0.306 e. The van der Waals surface area contributed by atoms with Crippen LogP contribution in [0.4, 0.5) is 4.39 Å². The zero-order valence-corrected chi connectivity index (χ0v) is 35.2. The standard InChI is InChI=1S/C47H54FN2O8P/c1-6-32-26-47(32,59(54,55)29-30-13-8-7-9-14-30)27-42(51)41-23-36(28-50(41)45(53)38(46(2,3)4)24-44(52)58-34-17-10-11-18-34)57-43-25-39(31-15-12-16-33(48)21-31)49-40-22-35(56-5)19-20-37(40)43/h6-9,12-16,19-22,25,32,34,36,38,41H,1,10-11,17-18,23-24,26-29H2,2-5H3,(H,54,55)/t32-,36-,38?,41+,47-/m1/s1. The minimum absolute atomic E-state index is 0.0213. The third-order valence-electron chi connectivity index (χ3n) is 12.4. The molecule has 1 aliphatic heterocycles. The van der Waals surface area contributed by atoms with Crippen LogP contribution in [0, 0.1) is 23.1 Å². The second kappa shape index (κ2) is 17.0. The molecular weight excluding hydrogens is 770 g/mol. The molecule has 2 aliphatic carbocycles. The molecule has 1 saturated heterocycles. The van der Waals surface area contributed by atoms with E-state index in [-0.39, 0.29) is 55.7 Å². The number of aromatic nitrogens is 1. The summed E-state index contributed by atoms with van der Waals surface area (Å²) in [5, 5.41) is -0.571. The lowest BCUT2D eigenvalue weighted by atomic mass is 9.77. The quantitative estimate of drug-likeness (QED) is 0.0708. The van der Waals surface area contributed by atoms with Crippen LogP contribution >= 0.6 is 7.37 Å². The number of carbonyl (C=O) groups excluding carboxylic acids is 3. The molecule has 3 fully saturated rings. The van der Waals surface area contributed by atoms with Gasteiger partial charge in [-0.2, -0.15) is 0 Å². The SMILES string of the molecule is C=C[C@@H]1C[C@]1(CC(=O)[C@@H]1C[C@@H](Oc2cc(-c3cccc(F)c3)nc3cc(OC)ccc23)CN1C(=O)C(CC(=O)OC1CCCC1)C(C)(C)C)P(=O)(O)Cc1ccccc1. The first kappa shape index (κ1) is 42.3. The molecule has 0 spiro atoms. The molecule has 10 nitrogen and oxygen atoms in total. The lowest BCUT2D eigenvalue weighted by Crippen LogP contribution is -2.48. The second-order valence-corrected chi connectivity index (χ2v) is 20.1. The fourth-order valence-electron chi connectivity index (χ4n) is 8.94. The number of esters is 1. The fraction of sp³-hybridized carbons (Fsp3) is 0.447. The number of methoxy groups -OCH3 is 1. The number of allylic oxidation sites excluding steroid dienone is 1. The molecule has 1 aromatic heterocycles. The van der Waals surface area contributed by atoms with Crippen LogP contribution in [0.3, 0.4) is 0 Å². The Morgan fingerprint density at radius 1 is 1.03 bits per heavy atom. The normalized spacial score (nSPS) is 23.4. The smallest absolute Gasteiger partial charge is 0.306 e. The van der Waals surface area contributed by atoms with Crippen molar-refractivity contribution in [1.29, 1.82) is 0 Å².